The van der Waals surface area contributed by atoms with Gasteiger partial charge in [-0.25, -0.2) is 13.6 Å². The first kappa shape index (κ1) is 15.2. The third kappa shape index (κ3) is 2.58. The number of carbonyl (C=O) groups is 1. The molecule has 0 saturated carbocycles. The molecule has 3 rings (SSSR count). The van der Waals surface area contributed by atoms with Crippen molar-refractivity contribution >= 4 is 11.8 Å². The second-order valence-corrected chi connectivity index (χ2v) is 5.43. The van der Waals surface area contributed by atoms with Gasteiger partial charge in [-0.2, -0.15) is 4.98 Å². The Bertz CT molecular complexity index is 778. The number of hydrogen-bond acceptors (Lipinski definition) is 5. The second-order valence-electron chi connectivity index (χ2n) is 5.43. The molecule has 7 nitrogen and oxygen atoms in total. The van der Waals surface area contributed by atoms with Gasteiger partial charge in [-0.1, -0.05) is 5.16 Å². The molecule has 0 spiro atoms. The molecule has 1 atom stereocenters. The molecule has 2 heterocycles. The van der Waals surface area contributed by atoms with Crippen LogP contribution in [0.4, 0.5) is 19.3 Å². The number of aromatic nitrogens is 2. The molecule has 1 aliphatic rings. The number of benzene rings is 1. The van der Waals surface area contributed by atoms with Crippen LogP contribution in [0.2, 0.25) is 0 Å². The van der Waals surface area contributed by atoms with Gasteiger partial charge in [0.25, 0.3) is 0 Å². The number of nitrogens with zero attached hydrogens (tertiary/aromatic N) is 3. The zero-order valence-electron chi connectivity index (χ0n) is 12.2. The standard InChI is InChI=1S/C14H14F2N4O3/c1-6-9(15)4-8(10(16)11(6)17)12-18-13(23-19-12)7-2-3-20(5-7)14(21)22/h4,7H,2-3,5,17H2,1H3,(H,21,22). The Morgan fingerprint density at radius 3 is 2.91 bits per heavy atom. The third-order valence-electron chi connectivity index (χ3n) is 4.00. The molecule has 1 fully saturated rings. The van der Waals surface area contributed by atoms with E-state index < -0.39 is 17.7 Å². The van der Waals surface area contributed by atoms with Crippen LogP contribution in [0.3, 0.4) is 0 Å². The van der Waals surface area contributed by atoms with Crippen molar-refractivity contribution in [3.63, 3.8) is 0 Å². The predicted octanol–water partition coefficient (Wildman–Crippen LogP) is 2.37. The lowest BCUT2D eigenvalue weighted by Gasteiger charge is -2.09. The summed E-state index contributed by atoms with van der Waals surface area (Å²) in [5, 5.41) is 12.6. The molecule has 1 aromatic carbocycles. The third-order valence-corrected chi connectivity index (χ3v) is 4.00. The largest absolute Gasteiger partial charge is 0.465 e. The summed E-state index contributed by atoms with van der Waals surface area (Å²) < 4.78 is 33.0. The van der Waals surface area contributed by atoms with E-state index in [0.717, 1.165) is 6.07 Å². The number of nitrogen functional groups attached to an aromatic ring is 1. The molecule has 122 valence electrons. The van der Waals surface area contributed by atoms with Crippen LogP contribution in [0, 0.1) is 18.6 Å². The molecule has 3 N–H and O–H groups in total. The quantitative estimate of drug-likeness (QED) is 0.822. The molecular weight excluding hydrogens is 310 g/mol. The fraction of sp³-hybridized carbons (Fsp3) is 0.357. The summed E-state index contributed by atoms with van der Waals surface area (Å²) in [4.78, 5) is 16.2. The van der Waals surface area contributed by atoms with Crippen molar-refractivity contribution in [3.05, 3.63) is 29.2 Å². The number of nitrogens with two attached hydrogens (primary N) is 1. The Kier molecular flexibility index (Phi) is 3.63. The highest BCUT2D eigenvalue weighted by molar-refractivity contribution is 5.66. The molecule has 2 aromatic rings. The van der Waals surface area contributed by atoms with Crippen LogP contribution in [-0.4, -0.2) is 39.3 Å². The fourth-order valence-electron chi connectivity index (χ4n) is 2.55. The zero-order valence-corrected chi connectivity index (χ0v) is 12.2. The minimum atomic E-state index is -1.02. The van der Waals surface area contributed by atoms with E-state index in [4.69, 9.17) is 15.4 Å². The molecule has 9 heteroatoms. The molecule has 1 aliphatic heterocycles. The van der Waals surface area contributed by atoms with E-state index in [1.807, 2.05) is 0 Å². The van der Waals surface area contributed by atoms with Gasteiger partial charge in [0, 0.05) is 18.7 Å². The number of hydrogen-bond donors (Lipinski definition) is 2. The highest BCUT2D eigenvalue weighted by Gasteiger charge is 2.31. The summed E-state index contributed by atoms with van der Waals surface area (Å²) in [5.74, 6) is -1.65. The van der Waals surface area contributed by atoms with Crippen LogP contribution in [-0.2, 0) is 0 Å². The normalized spacial score (nSPS) is 17.7. The summed E-state index contributed by atoms with van der Waals surface area (Å²) in [6, 6.07) is 0.966. The van der Waals surface area contributed by atoms with Gasteiger partial charge in [0.15, 0.2) is 5.82 Å². The molecule has 0 bridgehead atoms. The minimum Gasteiger partial charge on any atom is -0.465 e. The van der Waals surface area contributed by atoms with Crippen molar-refractivity contribution in [1.82, 2.24) is 15.0 Å². The highest BCUT2D eigenvalue weighted by atomic mass is 19.1. The van der Waals surface area contributed by atoms with Crippen LogP contribution in [0.5, 0.6) is 0 Å². The van der Waals surface area contributed by atoms with Gasteiger partial charge in [0.05, 0.1) is 17.2 Å². The first-order chi connectivity index (χ1) is 10.9. The summed E-state index contributed by atoms with van der Waals surface area (Å²) in [6.07, 6.45) is -0.493. The van der Waals surface area contributed by atoms with E-state index in [9.17, 15) is 13.6 Å². The van der Waals surface area contributed by atoms with E-state index in [1.165, 1.54) is 11.8 Å². The van der Waals surface area contributed by atoms with Crippen molar-refractivity contribution < 1.29 is 23.2 Å². The molecule has 1 saturated heterocycles. The van der Waals surface area contributed by atoms with Gasteiger partial charge >= 0.3 is 6.09 Å². The lowest BCUT2D eigenvalue weighted by Crippen LogP contribution is -2.26. The molecule has 23 heavy (non-hydrogen) atoms. The van der Waals surface area contributed by atoms with Crippen molar-refractivity contribution in [1.29, 1.82) is 0 Å². The first-order valence-electron chi connectivity index (χ1n) is 6.94. The maximum Gasteiger partial charge on any atom is 0.407 e. The average molecular weight is 324 g/mol. The highest BCUT2D eigenvalue weighted by Crippen LogP contribution is 2.31. The second kappa shape index (κ2) is 5.49. The van der Waals surface area contributed by atoms with Crippen LogP contribution in [0.1, 0.15) is 23.8 Å². The first-order valence-corrected chi connectivity index (χ1v) is 6.94. The molecule has 1 amide bonds. The van der Waals surface area contributed by atoms with Gasteiger partial charge in [0.2, 0.25) is 11.7 Å². The van der Waals surface area contributed by atoms with Crippen LogP contribution in [0.15, 0.2) is 10.6 Å². The van der Waals surface area contributed by atoms with Gasteiger partial charge in [-0.15, -0.1) is 0 Å². The van der Waals surface area contributed by atoms with E-state index in [-0.39, 0.29) is 41.0 Å². The van der Waals surface area contributed by atoms with Crippen LogP contribution >= 0.6 is 0 Å². The minimum absolute atomic E-state index is 0.0165. The van der Waals surface area contributed by atoms with Gasteiger partial charge < -0.3 is 20.3 Å². The number of likely N-dealkylation sites (tertiary alicyclic amines) is 1. The number of anilines is 1. The van der Waals surface area contributed by atoms with E-state index in [0.29, 0.717) is 13.0 Å². The molecule has 0 aliphatic carbocycles. The van der Waals surface area contributed by atoms with E-state index in [2.05, 4.69) is 10.1 Å². The van der Waals surface area contributed by atoms with E-state index in [1.54, 1.807) is 0 Å². The molecular formula is C14H14F2N4O3. The molecule has 0 radical (unpaired) electrons. The van der Waals surface area contributed by atoms with Crippen LogP contribution in [0.25, 0.3) is 11.4 Å². The van der Waals surface area contributed by atoms with Gasteiger partial charge in [-0.3, -0.25) is 0 Å². The number of halogens is 2. The maximum absolute atomic E-state index is 14.2. The van der Waals surface area contributed by atoms with Crippen molar-refractivity contribution in [2.45, 2.75) is 19.3 Å². The van der Waals surface area contributed by atoms with E-state index >= 15 is 0 Å². The van der Waals surface area contributed by atoms with Crippen molar-refractivity contribution in [3.8, 4) is 11.4 Å². The Morgan fingerprint density at radius 2 is 2.26 bits per heavy atom. The number of rotatable bonds is 2. The topological polar surface area (TPSA) is 105 Å². The summed E-state index contributed by atoms with van der Waals surface area (Å²) >= 11 is 0. The monoisotopic (exact) mass is 324 g/mol. The predicted molar refractivity (Wildman–Crippen MR) is 75.8 cm³/mol. The fourth-order valence-corrected chi connectivity index (χ4v) is 2.55. The number of amides is 1. The van der Waals surface area contributed by atoms with Gasteiger partial charge in [-0.05, 0) is 19.4 Å². The van der Waals surface area contributed by atoms with Crippen LogP contribution < -0.4 is 5.73 Å². The SMILES string of the molecule is Cc1c(F)cc(-c2noc(C3CCN(C(=O)O)C3)n2)c(F)c1N. The number of carboxylic acid groups (broad SMARTS) is 1. The smallest absolute Gasteiger partial charge is 0.407 e. The summed E-state index contributed by atoms with van der Waals surface area (Å²) in [6.45, 7) is 1.96. The average Bonchev–Trinajstić information content (AvgIpc) is 3.17. The Hall–Kier alpha value is -2.71. The Morgan fingerprint density at radius 1 is 1.52 bits per heavy atom. The lowest BCUT2D eigenvalue weighted by molar-refractivity contribution is 0.154. The van der Waals surface area contributed by atoms with Gasteiger partial charge in [0.1, 0.15) is 5.82 Å². The van der Waals surface area contributed by atoms with Crippen molar-refractivity contribution in [2.24, 2.45) is 0 Å². The molecule has 1 aromatic heterocycles. The Balaban J connectivity index is 1.90. The molecule has 1 unspecified atom stereocenters. The lowest BCUT2D eigenvalue weighted by atomic mass is 10.1. The summed E-state index contributed by atoms with van der Waals surface area (Å²) in [7, 11) is 0. The Labute approximate surface area is 129 Å². The maximum atomic E-state index is 14.2. The van der Waals surface area contributed by atoms with Crippen molar-refractivity contribution in [2.75, 3.05) is 18.8 Å². The zero-order chi connectivity index (χ0) is 16.7. The summed E-state index contributed by atoms with van der Waals surface area (Å²) in [5.41, 5.74) is 5.06.